The van der Waals surface area contributed by atoms with Crippen LogP contribution in [0.1, 0.15) is 55.0 Å². The number of nitrogens with zero attached hydrogens (tertiary/aromatic N) is 2. The molecule has 0 aliphatic carbocycles. The molecule has 5 nitrogen and oxygen atoms in total. The van der Waals surface area contributed by atoms with Crippen LogP contribution in [-0.2, 0) is 11.2 Å². The van der Waals surface area contributed by atoms with Crippen molar-refractivity contribution in [3.8, 4) is 0 Å². The summed E-state index contributed by atoms with van der Waals surface area (Å²) in [5, 5.41) is 3.17. The van der Waals surface area contributed by atoms with Crippen molar-refractivity contribution in [1.29, 1.82) is 0 Å². The van der Waals surface area contributed by atoms with Crippen LogP contribution in [0.15, 0.2) is 54.6 Å². The molecule has 0 bridgehead atoms. The Labute approximate surface area is 178 Å². The normalized spacial score (nSPS) is 26.3. The molecule has 3 aliphatic heterocycles. The van der Waals surface area contributed by atoms with Crippen LogP contribution in [0, 0.1) is 5.92 Å². The third kappa shape index (κ3) is 3.26. The van der Waals surface area contributed by atoms with E-state index in [1.807, 2.05) is 42.2 Å². The van der Waals surface area contributed by atoms with E-state index in [9.17, 15) is 9.59 Å². The fraction of sp³-hybridized carbons (Fsp3) is 0.440. The standard InChI is InChI=1S/C25H29N3O2/c1-17(18-8-3-2-4-9-18)26-25(30)28-14-7-12-21-23(28)16-22-20-11-6-5-10-19(20)13-15-27(22)24(21)29/h2-6,8-11,17,21-23H,7,12-16H2,1H3,(H,26,30)/t17-,21+,22+,23+/m1/s1. The van der Waals surface area contributed by atoms with Crippen molar-refractivity contribution in [3.63, 3.8) is 0 Å². The first-order valence-corrected chi connectivity index (χ1v) is 11.1. The molecule has 3 heterocycles. The third-order valence-electron chi connectivity index (χ3n) is 7.16. The van der Waals surface area contributed by atoms with E-state index < -0.39 is 0 Å². The van der Waals surface area contributed by atoms with Crippen LogP contribution in [0.25, 0.3) is 0 Å². The van der Waals surface area contributed by atoms with Gasteiger partial charge >= 0.3 is 6.03 Å². The minimum atomic E-state index is -0.0713. The Balaban J connectivity index is 1.38. The Kier molecular flexibility index (Phi) is 4.97. The molecule has 2 fully saturated rings. The van der Waals surface area contributed by atoms with Crippen LogP contribution < -0.4 is 5.32 Å². The van der Waals surface area contributed by atoms with Crippen molar-refractivity contribution in [1.82, 2.24) is 15.1 Å². The molecule has 2 saturated heterocycles. The Morgan fingerprint density at radius 2 is 1.83 bits per heavy atom. The van der Waals surface area contributed by atoms with E-state index in [-0.39, 0.29) is 36.0 Å². The number of hydrogen-bond acceptors (Lipinski definition) is 2. The van der Waals surface area contributed by atoms with Gasteiger partial charge in [-0.1, -0.05) is 54.6 Å². The van der Waals surface area contributed by atoms with Crippen LogP contribution in [0.5, 0.6) is 0 Å². The molecule has 30 heavy (non-hydrogen) atoms. The minimum Gasteiger partial charge on any atom is -0.335 e. The van der Waals surface area contributed by atoms with E-state index in [1.165, 1.54) is 11.1 Å². The maximum atomic E-state index is 13.4. The molecule has 5 heteroatoms. The number of urea groups is 1. The number of benzene rings is 2. The molecule has 0 spiro atoms. The third-order valence-corrected chi connectivity index (χ3v) is 7.16. The van der Waals surface area contributed by atoms with E-state index in [4.69, 9.17) is 0 Å². The highest BCUT2D eigenvalue weighted by Gasteiger charge is 2.48. The fourth-order valence-corrected chi connectivity index (χ4v) is 5.59. The summed E-state index contributed by atoms with van der Waals surface area (Å²) in [6, 6.07) is 18.4. The second kappa shape index (κ2) is 7.78. The van der Waals surface area contributed by atoms with Crippen molar-refractivity contribution in [2.24, 2.45) is 5.92 Å². The first-order valence-electron chi connectivity index (χ1n) is 11.1. The number of amides is 3. The molecular weight excluding hydrogens is 374 g/mol. The zero-order valence-corrected chi connectivity index (χ0v) is 17.5. The lowest BCUT2D eigenvalue weighted by atomic mass is 9.76. The van der Waals surface area contributed by atoms with Gasteiger partial charge in [-0.25, -0.2) is 4.79 Å². The number of piperidine rings is 2. The van der Waals surface area contributed by atoms with Gasteiger partial charge in [0, 0.05) is 19.1 Å². The van der Waals surface area contributed by atoms with Crippen molar-refractivity contribution in [2.45, 2.75) is 50.7 Å². The molecule has 0 unspecified atom stereocenters. The van der Waals surface area contributed by atoms with Gasteiger partial charge in [0.2, 0.25) is 5.91 Å². The molecule has 1 N–H and O–H groups in total. The van der Waals surface area contributed by atoms with Gasteiger partial charge in [0.15, 0.2) is 0 Å². The Hall–Kier alpha value is -2.82. The summed E-state index contributed by atoms with van der Waals surface area (Å²) in [6.45, 7) is 3.52. The Morgan fingerprint density at radius 3 is 2.67 bits per heavy atom. The number of carbonyl (C=O) groups excluding carboxylic acids is 2. The monoisotopic (exact) mass is 403 g/mol. The molecule has 5 rings (SSSR count). The van der Waals surface area contributed by atoms with Crippen LogP contribution in [0.2, 0.25) is 0 Å². The van der Waals surface area contributed by atoms with Crippen molar-refractivity contribution in [2.75, 3.05) is 13.1 Å². The lowest BCUT2D eigenvalue weighted by molar-refractivity contribution is -0.148. The number of hydrogen-bond donors (Lipinski definition) is 1. The summed E-state index contributed by atoms with van der Waals surface area (Å²) in [7, 11) is 0. The van der Waals surface area contributed by atoms with E-state index in [1.54, 1.807) is 0 Å². The average Bonchev–Trinajstić information content (AvgIpc) is 2.79. The second-order valence-electron chi connectivity index (χ2n) is 8.82. The van der Waals surface area contributed by atoms with Gasteiger partial charge in [0.1, 0.15) is 0 Å². The highest BCUT2D eigenvalue weighted by Crippen LogP contribution is 2.43. The van der Waals surface area contributed by atoms with Gasteiger partial charge < -0.3 is 15.1 Å². The van der Waals surface area contributed by atoms with E-state index in [0.717, 1.165) is 44.3 Å². The van der Waals surface area contributed by atoms with Gasteiger partial charge in [0.05, 0.1) is 18.0 Å². The molecular formula is C25H29N3O2. The highest BCUT2D eigenvalue weighted by atomic mass is 16.2. The minimum absolute atomic E-state index is 0.0263. The maximum absolute atomic E-state index is 13.4. The summed E-state index contributed by atoms with van der Waals surface area (Å²) < 4.78 is 0. The van der Waals surface area contributed by atoms with E-state index >= 15 is 0 Å². The highest BCUT2D eigenvalue weighted by molar-refractivity contribution is 5.83. The summed E-state index contributed by atoms with van der Waals surface area (Å²) >= 11 is 0. The van der Waals surface area contributed by atoms with Gasteiger partial charge in [-0.15, -0.1) is 0 Å². The number of rotatable bonds is 2. The van der Waals surface area contributed by atoms with Gasteiger partial charge in [-0.05, 0) is 49.3 Å². The van der Waals surface area contributed by atoms with Gasteiger partial charge in [0.25, 0.3) is 0 Å². The Bertz CT molecular complexity index is 944. The summed E-state index contributed by atoms with van der Waals surface area (Å²) in [5.41, 5.74) is 3.69. The molecule has 0 saturated carbocycles. The van der Waals surface area contributed by atoms with Crippen LogP contribution in [0.4, 0.5) is 4.79 Å². The van der Waals surface area contributed by atoms with Crippen molar-refractivity contribution >= 4 is 11.9 Å². The zero-order valence-electron chi connectivity index (χ0n) is 17.5. The number of carbonyl (C=O) groups is 2. The molecule has 2 aromatic rings. The van der Waals surface area contributed by atoms with Gasteiger partial charge in [-0.2, -0.15) is 0 Å². The molecule has 3 aliphatic rings. The average molecular weight is 404 g/mol. The number of likely N-dealkylation sites (tertiary alicyclic amines) is 1. The molecule has 0 aromatic heterocycles. The summed E-state index contributed by atoms with van der Waals surface area (Å²) in [5.74, 6) is 0.164. The number of nitrogens with one attached hydrogen (secondary N) is 1. The van der Waals surface area contributed by atoms with E-state index in [0.29, 0.717) is 0 Å². The van der Waals surface area contributed by atoms with Crippen molar-refractivity contribution < 1.29 is 9.59 Å². The van der Waals surface area contributed by atoms with E-state index in [2.05, 4.69) is 34.5 Å². The largest absolute Gasteiger partial charge is 0.335 e. The van der Waals surface area contributed by atoms with Crippen LogP contribution in [0.3, 0.4) is 0 Å². The molecule has 4 atom stereocenters. The molecule has 156 valence electrons. The lowest BCUT2D eigenvalue weighted by Gasteiger charge is -2.51. The Morgan fingerprint density at radius 1 is 1.07 bits per heavy atom. The van der Waals surface area contributed by atoms with Crippen LogP contribution >= 0.6 is 0 Å². The maximum Gasteiger partial charge on any atom is 0.318 e. The number of fused-ring (bicyclic) bond motifs is 4. The predicted octanol–water partition coefficient (Wildman–Crippen LogP) is 4.07. The topological polar surface area (TPSA) is 52.7 Å². The second-order valence-corrected chi connectivity index (χ2v) is 8.82. The lowest BCUT2D eigenvalue weighted by Crippen LogP contribution is -2.61. The molecule has 3 amide bonds. The smallest absolute Gasteiger partial charge is 0.318 e. The SMILES string of the molecule is C[C@@H](NC(=O)N1CCC[C@@H]2C(=O)N3CCc4ccccc4[C@@H]3C[C@@H]21)c1ccccc1. The first kappa shape index (κ1) is 19.2. The summed E-state index contributed by atoms with van der Waals surface area (Å²) in [4.78, 5) is 30.6. The zero-order chi connectivity index (χ0) is 20.7. The van der Waals surface area contributed by atoms with Gasteiger partial charge in [-0.3, -0.25) is 4.79 Å². The predicted molar refractivity (Wildman–Crippen MR) is 116 cm³/mol. The molecule has 2 aromatic carbocycles. The molecule has 0 radical (unpaired) electrons. The summed E-state index contributed by atoms with van der Waals surface area (Å²) in [6.07, 6.45) is 3.52. The first-order chi connectivity index (χ1) is 14.6. The fourth-order valence-electron chi connectivity index (χ4n) is 5.59. The van der Waals surface area contributed by atoms with Crippen LogP contribution in [-0.4, -0.2) is 40.9 Å². The quantitative estimate of drug-likeness (QED) is 0.822. The van der Waals surface area contributed by atoms with Crippen molar-refractivity contribution in [3.05, 3.63) is 71.3 Å².